The number of ether oxygens (including phenoxy) is 6. The lowest BCUT2D eigenvalue weighted by Crippen LogP contribution is -2.25. The zero-order valence-corrected chi connectivity index (χ0v) is 20.9. The summed E-state index contributed by atoms with van der Waals surface area (Å²) in [6.07, 6.45) is 0.382. The average Bonchev–Trinajstić information content (AvgIpc) is 2.87. The number of hydrogen-bond donors (Lipinski definition) is 2. The van der Waals surface area contributed by atoms with Gasteiger partial charge < -0.3 is 38.6 Å². The topological polar surface area (TPSA) is 198 Å². The fourth-order valence-electron chi connectivity index (χ4n) is 1.79. The minimum Gasteiger partial charge on any atom is -0.460 e. The van der Waals surface area contributed by atoms with E-state index in [4.69, 9.17) is 9.47 Å². The molecule has 0 fully saturated rings. The summed E-state index contributed by atoms with van der Waals surface area (Å²) in [4.78, 5) is 68.5. The summed E-state index contributed by atoms with van der Waals surface area (Å²) in [6, 6.07) is 0. The molecular weight excluding hydrogens is 512 g/mol. The Morgan fingerprint density at radius 3 is 1.11 bits per heavy atom. The van der Waals surface area contributed by atoms with Crippen molar-refractivity contribution < 1.29 is 67.4 Å². The molecule has 38 heavy (non-hydrogen) atoms. The summed E-state index contributed by atoms with van der Waals surface area (Å²) in [5, 5.41) is 19.1. The zero-order valence-electron chi connectivity index (χ0n) is 20.9. The Morgan fingerprint density at radius 1 is 0.553 bits per heavy atom. The van der Waals surface area contributed by atoms with Crippen LogP contribution in [0.3, 0.4) is 0 Å². The smallest absolute Gasteiger partial charge is 0.333 e. The molecule has 0 saturated heterocycles. The molecule has 0 aromatic rings. The molecule has 2 unspecified atom stereocenters. The van der Waals surface area contributed by atoms with Crippen LogP contribution in [0.15, 0.2) is 48.6 Å². The highest BCUT2D eigenvalue weighted by molar-refractivity contribution is 5.92. The maximum absolute atomic E-state index is 11.5. The van der Waals surface area contributed by atoms with E-state index in [9.17, 15) is 39.0 Å². The van der Waals surface area contributed by atoms with Crippen molar-refractivity contribution in [1.82, 2.24) is 0 Å². The largest absolute Gasteiger partial charge is 0.460 e. The van der Waals surface area contributed by atoms with Crippen molar-refractivity contribution in [3.05, 3.63) is 48.6 Å². The fraction of sp³-hybridized carbons (Fsp3) is 0.417. The van der Waals surface area contributed by atoms with Crippen LogP contribution in [0.2, 0.25) is 0 Å². The molecule has 210 valence electrons. The van der Waals surface area contributed by atoms with Crippen LogP contribution in [-0.4, -0.2) is 97.9 Å². The Bertz CT molecular complexity index is 870. The monoisotopic (exact) mass is 542 g/mol. The van der Waals surface area contributed by atoms with Crippen molar-refractivity contribution in [2.24, 2.45) is 0 Å². The number of aliphatic hydroxyl groups is 2. The van der Waals surface area contributed by atoms with E-state index in [2.05, 4.69) is 32.1 Å². The maximum atomic E-state index is 11.5. The van der Waals surface area contributed by atoms with Gasteiger partial charge in [0.15, 0.2) is 0 Å². The predicted octanol–water partition coefficient (Wildman–Crippen LogP) is -0.768. The van der Waals surface area contributed by atoms with Gasteiger partial charge in [0, 0.05) is 35.5 Å². The third-order valence-corrected chi connectivity index (χ3v) is 3.63. The molecule has 0 aromatic carbocycles. The Balaban J connectivity index is 4.05. The van der Waals surface area contributed by atoms with Crippen molar-refractivity contribution in [3.63, 3.8) is 0 Å². The van der Waals surface area contributed by atoms with Gasteiger partial charge in [-0.1, -0.05) is 13.2 Å². The summed E-state index contributed by atoms with van der Waals surface area (Å²) in [7, 11) is 0. The summed E-state index contributed by atoms with van der Waals surface area (Å²) in [5.74, 6) is -5.29. The van der Waals surface area contributed by atoms with E-state index in [0.717, 1.165) is 24.3 Å². The second-order valence-corrected chi connectivity index (χ2v) is 7.33. The van der Waals surface area contributed by atoms with Crippen molar-refractivity contribution in [3.8, 4) is 0 Å². The van der Waals surface area contributed by atoms with Gasteiger partial charge in [-0.25, -0.2) is 28.8 Å². The number of carbonyl (C=O) groups is 6. The molecule has 0 rings (SSSR count). The molecule has 0 saturated carbocycles. The zero-order chi connectivity index (χ0) is 29.1. The summed E-state index contributed by atoms with van der Waals surface area (Å²) >= 11 is 0. The Labute approximate surface area is 218 Å². The molecule has 14 heteroatoms. The number of carbonyl (C=O) groups excluding carboxylic acids is 6. The second-order valence-electron chi connectivity index (χ2n) is 7.33. The molecule has 0 aliphatic rings. The first-order valence-electron chi connectivity index (χ1n) is 10.9. The number of esters is 6. The Morgan fingerprint density at radius 2 is 0.816 bits per heavy atom. The van der Waals surface area contributed by atoms with E-state index in [1.165, 1.54) is 13.8 Å². The standard InChI is InChI=1S/C24H30O14/c1-15(2)23(31)37-13-17(25)11-35-21(29)7-5-19(27)33-9-10-34-20(28)6-8-22(30)36-12-18(26)14-38-24(32)16(3)4/h5-8,17-18,25-26H,1,3,9-14H2,2,4H3. The molecule has 0 radical (unpaired) electrons. The molecule has 2 N–H and O–H groups in total. The Kier molecular flexibility index (Phi) is 16.8. The lowest BCUT2D eigenvalue weighted by atomic mass is 10.3. The van der Waals surface area contributed by atoms with Crippen LogP contribution in [0, 0.1) is 0 Å². The SMILES string of the molecule is C=C(C)C(=O)OCC(O)COC(=O)C=CC(=O)OCCOC(=O)C=CC(=O)OCC(O)COC(=O)C(=C)C. The van der Waals surface area contributed by atoms with Crippen LogP contribution in [0.4, 0.5) is 0 Å². The molecule has 0 bridgehead atoms. The minimum atomic E-state index is -1.28. The van der Waals surface area contributed by atoms with Crippen LogP contribution in [0.25, 0.3) is 0 Å². The number of aliphatic hydroxyl groups excluding tert-OH is 2. The van der Waals surface area contributed by atoms with Crippen LogP contribution >= 0.6 is 0 Å². The molecule has 0 amide bonds. The Hall–Kier alpha value is -4.30. The quantitative estimate of drug-likeness (QED) is 0.100. The first-order chi connectivity index (χ1) is 17.8. The molecule has 0 aliphatic heterocycles. The molecule has 14 nitrogen and oxygen atoms in total. The molecular formula is C24H30O14. The van der Waals surface area contributed by atoms with Gasteiger partial charge in [-0.15, -0.1) is 0 Å². The van der Waals surface area contributed by atoms with Gasteiger partial charge in [-0.3, -0.25) is 0 Å². The first-order valence-corrected chi connectivity index (χ1v) is 10.9. The van der Waals surface area contributed by atoms with Crippen LogP contribution < -0.4 is 0 Å². The van der Waals surface area contributed by atoms with Crippen molar-refractivity contribution in [2.45, 2.75) is 26.1 Å². The van der Waals surface area contributed by atoms with E-state index >= 15 is 0 Å². The predicted molar refractivity (Wildman–Crippen MR) is 126 cm³/mol. The van der Waals surface area contributed by atoms with E-state index in [0.29, 0.717) is 0 Å². The van der Waals surface area contributed by atoms with E-state index in [1.54, 1.807) is 0 Å². The van der Waals surface area contributed by atoms with Gasteiger partial charge in [-0.2, -0.15) is 0 Å². The van der Waals surface area contributed by atoms with E-state index in [-0.39, 0.29) is 24.4 Å². The molecule has 0 aliphatic carbocycles. The van der Waals surface area contributed by atoms with Gasteiger partial charge >= 0.3 is 35.8 Å². The maximum Gasteiger partial charge on any atom is 0.333 e. The van der Waals surface area contributed by atoms with E-state index in [1.807, 2.05) is 0 Å². The highest BCUT2D eigenvalue weighted by atomic mass is 16.6. The van der Waals surface area contributed by atoms with Crippen LogP contribution in [0.1, 0.15) is 13.8 Å². The average molecular weight is 542 g/mol. The van der Waals surface area contributed by atoms with Gasteiger partial charge in [0.05, 0.1) is 0 Å². The summed E-state index contributed by atoms with van der Waals surface area (Å²) < 4.78 is 28.1. The minimum absolute atomic E-state index is 0.136. The highest BCUT2D eigenvalue weighted by Crippen LogP contribution is 1.97. The fourth-order valence-corrected chi connectivity index (χ4v) is 1.79. The van der Waals surface area contributed by atoms with Crippen molar-refractivity contribution >= 4 is 35.8 Å². The van der Waals surface area contributed by atoms with Gasteiger partial charge in [0.1, 0.15) is 51.8 Å². The first kappa shape index (κ1) is 33.7. The van der Waals surface area contributed by atoms with Gasteiger partial charge in [-0.05, 0) is 13.8 Å². The second kappa shape index (κ2) is 18.9. The molecule has 2 atom stereocenters. The normalized spacial score (nSPS) is 12.2. The molecule has 0 heterocycles. The lowest BCUT2D eigenvalue weighted by Gasteiger charge is -2.11. The summed E-state index contributed by atoms with van der Waals surface area (Å²) in [6.45, 7) is 7.00. The van der Waals surface area contributed by atoms with Crippen LogP contribution in [-0.2, 0) is 57.2 Å². The van der Waals surface area contributed by atoms with Gasteiger partial charge in [0.25, 0.3) is 0 Å². The van der Waals surface area contributed by atoms with Crippen LogP contribution in [0.5, 0.6) is 0 Å². The molecule has 0 aromatic heterocycles. The number of rotatable bonds is 17. The lowest BCUT2D eigenvalue weighted by molar-refractivity contribution is -0.149. The van der Waals surface area contributed by atoms with E-state index < -0.39 is 74.5 Å². The van der Waals surface area contributed by atoms with Crippen molar-refractivity contribution in [2.75, 3.05) is 39.6 Å². The third kappa shape index (κ3) is 18.0. The summed E-state index contributed by atoms with van der Waals surface area (Å²) in [5.41, 5.74) is 0.272. The van der Waals surface area contributed by atoms with Crippen molar-refractivity contribution in [1.29, 1.82) is 0 Å². The third-order valence-electron chi connectivity index (χ3n) is 3.63. The highest BCUT2D eigenvalue weighted by Gasteiger charge is 2.13. The van der Waals surface area contributed by atoms with Gasteiger partial charge in [0.2, 0.25) is 0 Å². The number of hydrogen-bond acceptors (Lipinski definition) is 14. The molecule has 0 spiro atoms.